The first kappa shape index (κ1) is 78.6. The van der Waals surface area contributed by atoms with Crippen LogP contribution in [0.15, 0.2) is 109 Å². The van der Waals surface area contributed by atoms with Crippen LogP contribution in [0.5, 0.6) is 34.5 Å². The number of nitriles is 3. The molecule has 0 radical (unpaired) electrons. The molecule has 28 heteroatoms. The van der Waals surface area contributed by atoms with Crippen LogP contribution in [0, 0.1) is 67.7 Å². The number of carbonyl (C=O) groups excluding carboxylic acids is 5. The lowest BCUT2D eigenvalue weighted by atomic mass is 9.75. The highest BCUT2D eigenvalue weighted by Gasteiger charge is 2.46. The maximum absolute atomic E-state index is 13.6. The van der Waals surface area contributed by atoms with Gasteiger partial charge in [-0.1, -0.05) is 71.2 Å². The summed E-state index contributed by atoms with van der Waals surface area (Å²) in [6, 6.07) is 34.9. The van der Waals surface area contributed by atoms with Crippen molar-refractivity contribution in [3.05, 3.63) is 158 Å². The summed E-state index contributed by atoms with van der Waals surface area (Å²) in [6.07, 6.45) is 0.477. The summed E-state index contributed by atoms with van der Waals surface area (Å²) >= 11 is 18.6. The predicted octanol–water partition coefficient (Wildman–Crippen LogP) is 14.5. The zero-order chi connectivity index (χ0) is 76.6. The quantitative estimate of drug-likeness (QED) is 0.122. The maximum Gasteiger partial charge on any atom is 0.415 e. The van der Waals surface area contributed by atoms with Crippen LogP contribution in [-0.4, -0.2) is 152 Å². The molecule has 3 unspecified atom stereocenters. The van der Waals surface area contributed by atoms with E-state index in [9.17, 15) is 58.0 Å². The van der Waals surface area contributed by atoms with Gasteiger partial charge in [0, 0.05) is 75.7 Å². The Balaban J connectivity index is 0.000000171. The number of nitrogens with zero attached hydrogens (tertiary/aromatic N) is 8. The van der Waals surface area contributed by atoms with Gasteiger partial charge in [-0.25, -0.2) is 22.8 Å². The van der Waals surface area contributed by atoms with Crippen molar-refractivity contribution in [1.29, 1.82) is 15.8 Å². The summed E-state index contributed by atoms with van der Waals surface area (Å²) in [6.45, 7) is 13.0. The topological polar surface area (TPSA) is 270 Å². The number of likely N-dealkylation sites (tertiary alicyclic amines) is 3. The van der Waals surface area contributed by atoms with Crippen molar-refractivity contribution >= 4 is 81.8 Å². The van der Waals surface area contributed by atoms with E-state index >= 15 is 0 Å². The molecule has 560 valence electrons. The molecule has 6 aliphatic rings. The number of methoxy groups -OCH3 is 2. The van der Waals surface area contributed by atoms with Gasteiger partial charge in [0.2, 0.25) is 0 Å². The zero-order valence-electron chi connectivity index (χ0n) is 60.0. The highest BCUT2D eigenvalue weighted by molar-refractivity contribution is 6.33. The van der Waals surface area contributed by atoms with Gasteiger partial charge < -0.3 is 58.3 Å². The molecular weight excluding hydrogens is 1430 g/mol. The van der Waals surface area contributed by atoms with Gasteiger partial charge in [0.25, 0.3) is 17.7 Å². The molecular formula is C78H83Cl3F3N9O13. The van der Waals surface area contributed by atoms with E-state index in [0.29, 0.717) is 132 Å². The molecule has 22 nitrogen and oxygen atoms in total. The third-order valence-electron chi connectivity index (χ3n) is 19.3. The van der Waals surface area contributed by atoms with Gasteiger partial charge in [-0.3, -0.25) is 24.2 Å². The summed E-state index contributed by atoms with van der Waals surface area (Å²) in [5.41, 5.74) is 0.639. The highest BCUT2D eigenvalue weighted by atomic mass is 35.5. The van der Waals surface area contributed by atoms with E-state index in [1.54, 1.807) is 111 Å². The molecule has 5 amide bonds. The van der Waals surface area contributed by atoms with E-state index in [1.807, 2.05) is 0 Å². The van der Waals surface area contributed by atoms with Crippen LogP contribution in [0.3, 0.4) is 0 Å². The standard InChI is InChI=1S/C28H31ClFN3O5.C27H29ClFN3O5.C23H23ClFN3O3/c1-27(2,3)38-26(35)33-16-24(37-23-13-20(29)22(36-4)14-21(23)33)25(34)32-11-9-28(17-31,10-12-32)15-18-5-7-19(30)8-6-18;1-26(2,3)37-25(35)32-15-23(36-22-12-19(28)21(33)13-20(22)32)24(34)31-10-8-27(16-30,9-11-31)14-17-4-6-18(29)7-5-17;1-30-19-11-18-20(10-17(19)24)31-21(13-27-18)22(29)28-8-6-23(14-26,7-9-28)12-15-2-4-16(25)5-3-15/h5-8,13-14,24H,9-12,15-16H2,1-4H3;4-7,12-13,23,33H,8-11,14-15H2,1-3H3;2-5,10-11,21,27H,6-9,12-13H2,1H3. The fourth-order valence-electron chi connectivity index (χ4n) is 13.5. The minimum Gasteiger partial charge on any atom is -0.506 e. The fourth-order valence-corrected chi connectivity index (χ4v) is 14.1. The second-order valence-corrected chi connectivity index (χ2v) is 30.4. The van der Waals surface area contributed by atoms with Crippen LogP contribution in [0.25, 0.3) is 0 Å². The number of amides is 5. The Bertz CT molecular complexity index is 4370. The molecule has 106 heavy (non-hydrogen) atoms. The van der Waals surface area contributed by atoms with Gasteiger partial charge in [0.15, 0.2) is 18.3 Å². The number of anilines is 3. The van der Waals surface area contributed by atoms with Crippen molar-refractivity contribution in [2.75, 3.05) is 88.2 Å². The number of halogens is 6. The zero-order valence-corrected chi connectivity index (χ0v) is 62.3. The van der Waals surface area contributed by atoms with Crippen molar-refractivity contribution in [2.45, 2.75) is 129 Å². The van der Waals surface area contributed by atoms with E-state index in [4.69, 9.17) is 68.0 Å². The van der Waals surface area contributed by atoms with Crippen LogP contribution < -0.4 is 38.8 Å². The SMILES string of the molecule is CC(C)(C)OC(=O)N1CC(C(=O)N2CCC(C#N)(Cc3ccc(F)cc3)CC2)Oc2cc(Cl)c(O)cc21.COc1cc2c(cc1Cl)OC(C(=O)N1CCC(C#N)(Cc3ccc(F)cc3)CC1)CN2.COc1cc2c(cc1Cl)OC(C(=O)N1CCC(C#N)(Cc3ccc(F)cc3)CC1)CN2C(=O)OC(C)(C)C. The third kappa shape index (κ3) is 19.0. The number of aromatic hydroxyl groups is 1. The Hall–Kier alpha value is -10.0. The fraction of sp³-hybridized carbons (Fsp3) is 0.436. The molecule has 0 aromatic heterocycles. The number of nitrogens with one attached hydrogen (secondary N) is 1. The maximum atomic E-state index is 13.6. The molecule has 0 spiro atoms. The number of ether oxygens (including phenoxy) is 7. The van der Waals surface area contributed by atoms with Gasteiger partial charge in [-0.15, -0.1) is 0 Å². The average molecular weight is 1520 g/mol. The summed E-state index contributed by atoms with van der Waals surface area (Å²) < 4.78 is 79.3. The number of piperidine rings is 3. The van der Waals surface area contributed by atoms with Crippen LogP contribution in [0.2, 0.25) is 15.1 Å². The molecule has 6 heterocycles. The molecule has 3 fully saturated rings. The number of benzene rings is 6. The third-order valence-corrected chi connectivity index (χ3v) is 20.2. The Morgan fingerprint density at radius 2 is 0.821 bits per heavy atom. The van der Waals surface area contributed by atoms with E-state index in [2.05, 4.69) is 23.5 Å². The number of phenols is 1. The number of phenolic OH excluding ortho intramolecular Hbond substituents is 1. The Labute approximate surface area is 628 Å². The average Bonchev–Trinajstić information content (AvgIpc) is 0.781. The normalized spacial score (nSPS) is 18.9. The van der Waals surface area contributed by atoms with E-state index in [-0.39, 0.29) is 81.2 Å². The summed E-state index contributed by atoms with van der Waals surface area (Å²) in [5, 5.41) is 43.7. The first-order valence-corrected chi connectivity index (χ1v) is 35.8. The number of hydrogen-bond donors (Lipinski definition) is 2. The van der Waals surface area contributed by atoms with Crippen molar-refractivity contribution < 1.29 is 75.4 Å². The summed E-state index contributed by atoms with van der Waals surface area (Å²) in [7, 11) is 3.01. The summed E-state index contributed by atoms with van der Waals surface area (Å²) in [4.78, 5) is 73.9. The molecule has 0 bridgehead atoms. The van der Waals surface area contributed by atoms with Crippen molar-refractivity contribution in [3.8, 4) is 52.7 Å². The van der Waals surface area contributed by atoms with Crippen LogP contribution in [-0.2, 0) is 43.1 Å². The number of rotatable bonds is 11. The first-order chi connectivity index (χ1) is 50.3. The van der Waals surface area contributed by atoms with Gasteiger partial charge in [0.1, 0.15) is 63.2 Å². The second-order valence-electron chi connectivity index (χ2n) is 29.2. The molecule has 6 aromatic rings. The van der Waals surface area contributed by atoms with Crippen LogP contribution in [0.1, 0.15) is 96.8 Å². The first-order valence-electron chi connectivity index (χ1n) is 34.6. The molecule has 6 aromatic carbocycles. The lowest BCUT2D eigenvalue weighted by Crippen LogP contribution is -2.54. The minimum atomic E-state index is -1.02. The van der Waals surface area contributed by atoms with E-state index in [0.717, 1.165) is 22.4 Å². The smallest absolute Gasteiger partial charge is 0.415 e. The highest BCUT2D eigenvalue weighted by Crippen LogP contribution is 2.46. The monoisotopic (exact) mass is 1520 g/mol. The molecule has 3 atom stereocenters. The van der Waals surface area contributed by atoms with Crippen molar-refractivity contribution in [2.24, 2.45) is 16.2 Å². The minimum absolute atomic E-state index is 0.0218. The van der Waals surface area contributed by atoms with E-state index < -0.39 is 57.9 Å². The molecule has 0 saturated carbocycles. The lowest BCUT2D eigenvalue weighted by molar-refractivity contribution is -0.141. The largest absolute Gasteiger partial charge is 0.506 e. The Kier molecular flexibility index (Phi) is 24.3. The van der Waals surface area contributed by atoms with E-state index in [1.165, 1.54) is 78.6 Å². The van der Waals surface area contributed by atoms with Gasteiger partial charge in [-0.2, -0.15) is 15.8 Å². The van der Waals surface area contributed by atoms with Gasteiger partial charge in [0.05, 0.1) is 100 Å². The van der Waals surface area contributed by atoms with Crippen LogP contribution in [0.4, 0.5) is 39.8 Å². The van der Waals surface area contributed by atoms with Gasteiger partial charge >= 0.3 is 12.2 Å². The van der Waals surface area contributed by atoms with Crippen molar-refractivity contribution in [1.82, 2.24) is 14.7 Å². The van der Waals surface area contributed by atoms with Gasteiger partial charge in [-0.05, 0) is 152 Å². The molecule has 6 aliphatic heterocycles. The Morgan fingerprint density at radius 3 is 1.17 bits per heavy atom. The molecule has 0 aliphatic carbocycles. The number of carbonyl (C=O) groups is 5. The Morgan fingerprint density at radius 1 is 0.500 bits per heavy atom. The molecule has 2 N–H and O–H groups in total. The molecule has 3 saturated heterocycles. The summed E-state index contributed by atoms with van der Waals surface area (Å²) in [5.74, 6) is -0.0530. The number of fused-ring (bicyclic) bond motifs is 3. The van der Waals surface area contributed by atoms with Crippen LogP contribution >= 0.6 is 34.8 Å². The second kappa shape index (κ2) is 32.8. The van der Waals surface area contributed by atoms with Crippen molar-refractivity contribution in [3.63, 3.8) is 0 Å². The molecule has 12 rings (SSSR count). The lowest BCUT2D eigenvalue weighted by Gasteiger charge is -2.41. The predicted molar refractivity (Wildman–Crippen MR) is 390 cm³/mol. The number of hydrogen-bond acceptors (Lipinski definition) is 17.